The summed E-state index contributed by atoms with van der Waals surface area (Å²) in [6.07, 6.45) is 7.31. The fraction of sp³-hybridized carbons (Fsp3) is 0.500. The molecule has 151 valence electrons. The van der Waals surface area contributed by atoms with E-state index in [-0.39, 0.29) is 62.3 Å². The molecular formula is C20H26KN4O3S. The average molecular weight is 442 g/mol. The second-order valence-corrected chi connectivity index (χ2v) is 9.59. The summed E-state index contributed by atoms with van der Waals surface area (Å²) >= 11 is 0. The predicted molar refractivity (Wildman–Crippen MR) is 113 cm³/mol. The van der Waals surface area contributed by atoms with Gasteiger partial charge in [-0.15, -0.1) is 0 Å². The summed E-state index contributed by atoms with van der Waals surface area (Å²) in [5.41, 5.74) is 5.72. The van der Waals surface area contributed by atoms with Crippen molar-refractivity contribution < 1.29 is 13.2 Å². The number of aryl methyl sites for hydroxylation is 2. The van der Waals surface area contributed by atoms with Gasteiger partial charge in [-0.3, -0.25) is 0 Å². The van der Waals surface area contributed by atoms with Crippen LogP contribution in [0.15, 0.2) is 17.3 Å². The van der Waals surface area contributed by atoms with Crippen molar-refractivity contribution in [3.63, 3.8) is 0 Å². The van der Waals surface area contributed by atoms with Gasteiger partial charge in [0.05, 0.1) is 6.20 Å². The summed E-state index contributed by atoms with van der Waals surface area (Å²) in [6.45, 7) is 3.88. The second kappa shape index (κ2) is 8.80. The fourth-order valence-corrected chi connectivity index (χ4v) is 5.52. The van der Waals surface area contributed by atoms with E-state index < -0.39 is 16.1 Å². The van der Waals surface area contributed by atoms with E-state index in [1.165, 1.54) is 21.9 Å². The number of carbonyl (C=O) groups excluding carboxylic acids is 1. The van der Waals surface area contributed by atoms with Crippen molar-refractivity contribution in [3.05, 3.63) is 40.3 Å². The van der Waals surface area contributed by atoms with Crippen molar-refractivity contribution in [3.8, 4) is 0 Å². The number of hydrogen-bond acceptors (Lipinski definition) is 4. The monoisotopic (exact) mass is 441 g/mol. The number of rotatable bonds is 4. The van der Waals surface area contributed by atoms with Crippen molar-refractivity contribution in [1.82, 2.24) is 14.3 Å². The van der Waals surface area contributed by atoms with Crippen LogP contribution >= 0.6 is 0 Å². The molecule has 0 spiro atoms. The molecule has 2 aliphatic rings. The molecular weight excluding hydrogens is 415 g/mol. The Labute approximate surface area is 214 Å². The Kier molecular flexibility index (Phi) is 6.97. The van der Waals surface area contributed by atoms with Crippen molar-refractivity contribution in [2.24, 2.45) is 7.05 Å². The maximum absolute atomic E-state index is 12.7. The zero-order chi connectivity index (χ0) is 20.1. The smallest absolute Gasteiger partial charge is 0.321 e. The second-order valence-electron chi connectivity index (χ2n) is 7.96. The van der Waals surface area contributed by atoms with E-state index in [9.17, 15) is 13.2 Å². The molecule has 2 amide bonds. The molecule has 2 N–H and O–H groups in total. The van der Waals surface area contributed by atoms with Gasteiger partial charge in [0, 0.05) is 70.0 Å². The van der Waals surface area contributed by atoms with Crippen molar-refractivity contribution in [2.45, 2.75) is 63.3 Å². The summed E-state index contributed by atoms with van der Waals surface area (Å²) in [5.74, 6) is 0.733. The Morgan fingerprint density at radius 2 is 1.69 bits per heavy atom. The Morgan fingerprint density at radius 1 is 1.10 bits per heavy atom. The van der Waals surface area contributed by atoms with Gasteiger partial charge in [-0.05, 0) is 60.8 Å². The molecule has 1 aromatic carbocycles. The first-order valence-electron chi connectivity index (χ1n) is 9.80. The maximum Gasteiger partial charge on any atom is 0.333 e. The van der Waals surface area contributed by atoms with E-state index >= 15 is 0 Å². The summed E-state index contributed by atoms with van der Waals surface area (Å²) < 4.78 is 29.1. The molecule has 2 aliphatic carbocycles. The molecule has 0 bridgehead atoms. The number of hydrogen-bond donors (Lipinski definition) is 2. The zero-order valence-electron chi connectivity index (χ0n) is 17.5. The molecule has 1 aromatic heterocycles. The van der Waals surface area contributed by atoms with Gasteiger partial charge in [0.15, 0.2) is 5.03 Å². The third-order valence-electron chi connectivity index (χ3n) is 5.71. The number of urea groups is 1. The first kappa shape index (κ1) is 23.0. The number of anilines is 1. The number of benzene rings is 1. The normalized spacial score (nSPS) is 15.0. The number of sulfonamides is 1. The van der Waals surface area contributed by atoms with E-state index in [1.807, 2.05) is 13.8 Å². The fourth-order valence-electron chi connectivity index (χ4n) is 4.47. The third kappa shape index (κ3) is 4.36. The van der Waals surface area contributed by atoms with Gasteiger partial charge in [-0.1, -0.05) is 19.9 Å². The molecule has 9 heteroatoms. The molecule has 29 heavy (non-hydrogen) atoms. The minimum Gasteiger partial charge on any atom is -0.321 e. The maximum atomic E-state index is 12.7. The van der Waals surface area contributed by atoms with Gasteiger partial charge in [-0.25, -0.2) is 14.5 Å². The number of carbonyl (C=O) groups is 1. The number of imidazole rings is 1. The summed E-state index contributed by atoms with van der Waals surface area (Å²) in [7, 11) is -2.37. The van der Waals surface area contributed by atoms with Crippen LogP contribution in [0, 0.1) is 0 Å². The molecule has 7 nitrogen and oxygen atoms in total. The van der Waals surface area contributed by atoms with Crippen LogP contribution in [0.25, 0.3) is 0 Å². The summed E-state index contributed by atoms with van der Waals surface area (Å²) in [5, 5.41) is 2.84. The van der Waals surface area contributed by atoms with Crippen molar-refractivity contribution in [1.29, 1.82) is 0 Å². The van der Waals surface area contributed by atoms with Crippen LogP contribution in [-0.2, 0) is 42.8 Å². The number of nitrogens with zero attached hydrogens (tertiary/aromatic N) is 2. The molecule has 0 unspecified atom stereocenters. The van der Waals surface area contributed by atoms with Gasteiger partial charge < -0.3 is 9.88 Å². The largest absolute Gasteiger partial charge is 0.333 e. The molecule has 4 rings (SSSR count). The van der Waals surface area contributed by atoms with Gasteiger partial charge in [0.2, 0.25) is 0 Å². The number of amides is 2. The Hall–Kier alpha value is -0.714. The summed E-state index contributed by atoms with van der Waals surface area (Å²) in [6, 6.07) is 1.55. The SMILES string of the molecule is CC(C)c1ncc(S(=O)(=O)NC(=O)Nc2c3c(cc4c2CCC4)CCC3)n1C.[K]. The van der Waals surface area contributed by atoms with E-state index in [4.69, 9.17) is 0 Å². The minimum atomic E-state index is -4.01. The minimum absolute atomic E-state index is 0. The third-order valence-corrected chi connectivity index (χ3v) is 7.10. The molecule has 2 aromatic rings. The number of nitrogens with one attached hydrogen (secondary N) is 2. The molecule has 0 aliphatic heterocycles. The quantitative estimate of drug-likeness (QED) is 0.714. The van der Waals surface area contributed by atoms with Crippen LogP contribution in [0.5, 0.6) is 0 Å². The molecule has 1 heterocycles. The first-order chi connectivity index (χ1) is 13.3. The van der Waals surface area contributed by atoms with Crippen molar-refractivity contribution >= 4 is 73.1 Å². The summed E-state index contributed by atoms with van der Waals surface area (Å²) in [4.78, 5) is 16.8. The van der Waals surface area contributed by atoms with Crippen molar-refractivity contribution in [2.75, 3.05) is 5.32 Å². The van der Waals surface area contributed by atoms with Crippen LogP contribution in [0.2, 0.25) is 0 Å². The number of aromatic nitrogens is 2. The van der Waals surface area contributed by atoms with Gasteiger partial charge in [0.1, 0.15) is 5.82 Å². The van der Waals surface area contributed by atoms with E-state index in [1.54, 1.807) is 7.05 Å². The molecule has 0 atom stereocenters. The average Bonchev–Trinajstić information content (AvgIpc) is 3.32. The van der Waals surface area contributed by atoms with Crippen LogP contribution in [0.4, 0.5) is 10.5 Å². The standard InChI is InChI=1S/C20H26N4O3S.K/c1-12(2)19-21-11-17(24(19)3)28(26,27)23-20(25)22-18-15-8-4-6-13(15)10-14-7-5-9-16(14)18;/h10-12H,4-9H2,1-3H3,(H2,22,23,25);. The Morgan fingerprint density at radius 3 is 2.21 bits per heavy atom. The Balaban J connectivity index is 0.00000240. The van der Waals surface area contributed by atoms with E-state index in [0.29, 0.717) is 5.82 Å². The van der Waals surface area contributed by atoms with Crippen LogP contribution in [-0.4, -0.2) is 75.4 Å². The van der Waals surface area contributed by atoms with Gasteiger partial charge in [-0.2, -0.15) is 8.42 Å². The predicted octanol–water partition coefficient (Wildman–Crippen LogP) is 2.65. The van der Waals surface area contributed by atoms with Gasteiger partial charge >= 0.3 is 6.03 Å². The van der Waals surface area contributed by atoms with Crippen LogP contribution < -0.4 is 10.0 Å². The first-order valence-corrected chi connectivity index (χ1v) is 11.3. The zero-order valence-corrected chi connectivity index (χ0v) is 21.4. The van der Waals surface area contributed by atoms with E-state index in [0.717, 1.165) is 55.3 Å². The molecule has 0 fully saturated rings. The number of fused-ring (bicyclic) bond motifs is 2. The molecule has 0 saturated carbocycles. The van der Waals surface area contributed by atoms with Gasteiger partial charge in [0.25, 0.3) is 10.0 Å². The van der Waals surface area contributed by atoms with Crippen LogP contribution in [0.3, 0.4) is 0 Å². The van der Waals surface area contributed by atoms with E-state index in [2.05, 4.69) is 21.1 Å². The molecule has 1 radical (unpaired) electrons. The van der Waals surface area contributed by atoms with Crippen LogP contribution in [0.1, 0.15) is 60.7 Å². The molecule has 0 saturated heterocycles. The Bertz CT molecular complexity index is 1030. The topological polar surface area (TPSA) is 93.1 Å².